The molecule has 2 heterocycles. The normalized spacial score (nSPS) is 26.5. The molecule has 3 rings (SSSR count). The molecular formula is C15H22N2OS2. The van der Waals surface area contributed by atoms with E-state index in [9.17, 15) is 4.21 Å². The number of benzene rings is 1. The molecule has 1 aromatic carbocycles. The first kappa shape index (κ1) is 15.7. The number of aryl methyl sites for hydroxylation is 1. The Hall–Kier alpha value is -0.650. The lowest BCUT2D eigenvalue weighted by molar-refractivity contribution is 0.528. The topological polar surface area (TPSA) is 32.7 Å². The summed E-state index contributed by atoms with van der Waals surface area (Å²) < 4.78 is 14.5. The van der Waals surface area contributed by atoms with Crippen LogP contribution in [0.2, 0.25) is 0 Å². The molecule has 2 aliphatic rings. The molecule has 1 saturated heterocycles. The zero-order valence-electron chi connectivity index (χ0n) is 12.5. The lowest BCUT2D eigenvalue weighted by Gasteiger charge is -2.15. The average molecular weight is 310 g/mol. The van der Waals surface area contributed by atoms with Crippen LogP contribution in [0.3, 0.4) is 0 Å². The smallest absolute Gasteiger partial charge is 0.127 e. The molecule has 0 saturated carbocycles. The Balaban J connectivity index is 0.000000704. The van der Waals surface area contributed by atoms with Crippen LogP contribution >= 0.6 is 11.8 Å². The summed E-state index contributed by atoms with van der Waals surface area (Å²) in [5, 5.41) is 1.67. The highest BCUT2D eigenvalue weighted by atomic mass is 32.2. The number of hydrogen-bond acceptors (Lipinski definition) is 3. The Bertz CT molecular complexity index is 513. The van der Waals surface area contributed by atoms with Gasteiger partial charge in [0.25, 0.3) is 0 Å². The average Bonchev–Trinajstić information content (AvgIpc) is 2.98. The van der Waals surface area contributed by atoms with Crippen molar-refractivity contribution in [3.8, 4) is 0 Å². The van der Waals surface area contributed by atoms with Gasteiger partial charge < -0.3 is 0 Å². The Morgan fingerprint density at radius 3 is 2.45 bits per heavy atom. The fourth-order valence-electron chi connectivity index (χ4n) is 2.39. The van der Waals surface area contributed by atoms with E-state index < -0.39 is 11.0 Å². The molecule has 3 nitrogen and oxygen atoms in total. The second kappa shape index (κ2) is 6.87. The molecule has 0 aromatic heterocycles. The van der Waals surface area contributed by atoms with Gasteiger partial charge in [0.05, 0.1) is 16.0 Å². The molecule has 0 spiro atoms. The molecule has 0 radical (unpaired) electrons. The zero-order chi connectivity index (χ0) is 14.7. The first-order valence-electron chi connectivity index (χ1n) is 7.08. The van der Waals surface area contributed by atoms with E-state index in [0.29, 0.717) is 11.3 Å². The Labute approximate surface area is 128 Å². The van der Waals surface area contributed by atoms with Gasteiger partial charge in [-0.15, -0.1) is 11.8 Å². The van der Waals surface area contributed by atoms with Crippen LogP contribution in [-0.4, -0.2) is 37.9 Å². The molecule has 1 fully saturated rings. The molecule has 2 aliphatic heterocycles. The maximum absolute atomic E-state index is 12.5. The SMILES string of the molecule is CC.CC1=NC2CN(S(=O)c3ccc(C)cc3)CC2S1. The number of thioether (sulfide) groups is 1. The van der Waals surface area contributed by atoms with Crippen molar-refractivity contribution in [1.82, 2.24) is 4.31 Å². The van der Waals surface area contributed by atoms with E-state index in [0.717, 1.165) is 18.0 Å². The number of nitrogens with zero attached hydrogens (tertiary/aromatic N) is 2. The van der Waals surface area contributed by atoms with Gasteiger partial charge in [-0.3, -0.25) is 4.99 Å². The molecule has 0 N–H and O–H groups in total. The fourth-order valence-corrected chi connectivity index (χ4v) is 4.92. The summed E-state index contributed by atoms with van der Waals surface area (Å²) in [6.45, 7) is 9.79. The minimum absolute atomic E-state index is 0.337. The highest BCUT2D eigenvalue weighted by molar-refractivity contribution is 8.14. The standard InChI is InChI=1S/C13H16N2OS2.C2H6/c1-9-3-5-11(6-4-9)18(16)15-7-12-13(8-15)17-10(2)14-12;1-2/h3-6,12-13H,7-8H2,1-2H3;1-2H3. The van der Waals surface area contributed by atoms with Crippen molar-refractivity contribution in [2.45, 2.75) is 43.9 Å². The van der Waals surface area contributed by atoms with Crippen LogP contribution in [0.15, 0.2) is 34.2 Å². The van der Waals surface area contributed by atoms with E-state index in [1.165, 1.54) is 10.6 Å². The van der Waals surface area contributed by atoms with Gasteiger partial charge in [-0.1, -0.05) is 31.5 Å². The molecule has 110 valence electrons. The number of rotatable bonds is 2. The predicted octanol–water partition coefficient (Wildman–Crippen LogP) is 3.26. The van der Waals surface area contributed by atoms with Crippen LogP contribution in [0.1, 0.15) is 26.3 Å². The summed E-state index contributed by atoms with van der Waals surface area (Å²) in [5.41, 5.74) is 1.20. The van der Waals surface area contributed by atoms with Crippen molar-refractivity contribution in [3.63, 3.8) is 0 Å². The molecular weight excluding hydrogens is 288 g/mol. The third-order valence-corrected chi connectivity index (χ3v) is 5.99. The minimum Gasteiger partial charge on any atom is -0.277 e. The summed E-state index contributed by atoms with van der Waals surface area (Å²) in [5.74, 6) is 0. The van der Waals surface area contributed by atoms with Crippen molar-refractivity contribution in [2.75, 3.05) is 13.1 Å². The van der Waals surface area contributed by atoms with Crippen LogP contribution in [0.25, 0.3) is 0 Å². The highest BCUT2D eigenvalue weighted by Crippen LogP contribution is 2.34. The molecule has 0 bridgehead atoms. The van der Waals surface area contributed by atoms with E-state index >= 15 is 0 Å². The van der Waals surface area contributed by atoms with Gasteiger partial charge in [0.2, 0.25) is 0 Å². The van der Waals surface area contributed by atoms with Crippen molar-refractivity contribution >= 4 is 27.8 Å². The fraction of sp³-hybridized carbons (Fsp3) is 0.533. The Kier molecular flexibility index (Phi) is 5.41. The summed E-state index contributed by atoms with van der Waals surface area (Å²) in [6.07, 6.45) is 0. The van der Waals surface area contributed by atoms with Crippen LogP contribution < -0.4 is 0 Å². The molecule has 3 unspecified atom stereocenters. The first-order chi connectivity index (χ1) is 9.63. The van der Waals surface area contributed by atoms with Gasteiger partial charge >= 0.3 is 0 Å². The first-order valence-corrected chi connectivity index (χ1v) is 9.07. The minimum atomic E-state index is -1.04. The second-order valence-corrected chi connectivity index (χ2v) is 7.70. The highest BCUT2D eigenvalue weighted by Gasteiger charge is 2.39. The van der Waals surface area contributed by atoms with Gasteiger partial charge in [-0.05, 0) is 26.0 Å². The molecule has 0 amide bonds. The summed E-state index contributed by atoms with van der Waals surface area (Å²) in [4.78, 5) is 5.49. The number of hydrogen-bond donors (Lipinski definition) is 0. The van der Waals surface area contributed by atoms with Gasteiger partial charge in [0.1, 0.15) is 11.0 Å². The van der Waals surface area contributed by atoms with Crippen LogP contribution in [0, 0.1) is 6.92 Å². The van der Waals surface area contributed by atoms with Gasteiger partial charge in [0, 0.05) is 18.3 Å². The largest absolute Gasteiger partial charge is 0.277 e. The zero-order valence-corrected chi connectivity index (χ0v) is 14.1. The summed E-state index contributed by atoms with van der Waals surface area (Å²) in [6, 6.07) is 8.29. The van der Waals surface area contributed by atoms with Gasteiger partial charge in [0.15, 0.2) is 0 Å². The number of fused-ring (bicyclic) bond motifs is 1. The van der Waals surface area contributed by atoms with E-state index in [2.05, 4.69) is 11.9 Å². The van der Waals surface area contributed by atoms with E-state index in [-0.39, 0.29) is 0 Å². The van der Waals surface area contributed by atoms with Crippen molar-refractivity contribution in [1.29, 1.82) is 0 Å². The predicted molar refractivity (Wildman–Crippen MR) is 88.8 cm³/mol. The molecule has 3 atom stereocenters. The van der Waals surface area contributed by atoms with E-state index in [4.69, 9.17) is 0 Å². The van der Waals surface area contributed by atoms with Crippen molar-refractivity contribution in [3.05, 3.63) is 29.8 Å². The lowest BCUT2D eigenvalue weighted by Crippen LogP contribution is -2.25. The third-order valence-electron chi connectivity index (χ3n) is 3.33. The quantitative estimate of drug-likeness (QED) is 0.840. The third kappa shape index (κ3) is 3.32. The van der Waals surface area contributed by atoms with Crippen molar-refractivity contribution in [2.24, 2.45) is 4.99 Å². The lowest BCUT2D eigenvalue weighted by atomic mass is 10.2. The molecule has 0 aliphatic carbocycles. The van der Waals surface area contributed by atoms with Gasteiger partial charge in [-0.25, -0.2) is 8.51 Å². The molecule has 20 heavy (non-hydrogen) atoms. The van der Waals surface area contributed by atoms with Crippen LogP contribution in [-0.2, 0) is 11.0 Å². The molecule has 1 aromatic rings. The van der Waals surface area contributed by atoms with E-state index in [1.54, 1.807) is 0 Å². The summed E-state index contributed by atoms with van der Waals surface area (Å²) >= 11 is 1.83. The monoisotopic (exact) mass is 310 g/mol. The maximum atomic E-state index is 12.5. The van der Waals surface area contributed by atoms with Crippen LogP contribution in [0.5, 0.6) is 0 Å². The van der Waals surface area contributed by atoms with Crippen LogP contribution in [0.4, 0.5) is 0 Å². The maximum Gasteiger partial charge on any atom is 0.127 e. The summed E-state index contributed by atoms with van der Waals surface area (Å²) in [7, 11) is -1.04. The Morgan fingerprint density at radius 1 is 1.20 bits per heavy atom. The number of aliphatic imine (C=N–C) groups is 1. The Morgan fingerprint density at radius 2 is 1.85 bits per heavy atom. The second-order valence-electron chi connectivity index (χ2n) is 4.78. The van der Waals surface area contributed by atoms with Crippen molar-refractivity contribution < 1.29 is 4.21 Å². The van der Waals surface area contributed by atoms with E-state index in [1.807, 2.05) is 61.1 Å². The molecule has 5 heteroatoms. The van der Waals surface area contributed by atoms with Gasteiger partial charge in [-0.2, -0.15) is 0 Å².